The third-order valence-electron chi connectivity index (χ3n) is 5.18. The van der Waals surface area contributed by atoms with Gasteiger partial charge in [0.05, 0.1) is 17.6 Å². The third-order valence-corrected chi connectivity index (χ3v) is 5.18. The number of phenolic OH excluding ortho intramolecular Hbond substituents is 1. The summed E-state index contributed by atoms with van der Waals surface area (Å²) >= 11 is 0. The predicted molar refractivity (Wildman–Crippen MR) is 109 cm³/mol. The van der Waals surface area contributed by atoms with Crippen molar-refractivity contribution in [2.24, 2.45) is 0 Å². The van der Waals surface area contributed by atoms with Crippen molar-refractivity contribution in [3.8, 4) is 22.6 Å². The molecule has 1 aliphatic rings. The number of methoxy groups -OCH3 is 1. The molecule has 0 bridgehead atoms. The van der Waals surface area contributed by atoms with Crippen molar-refractivity contribution < 1.29 is 39.1 Å². The van der Waals surface area contributed by atoms with Gasteiger partial charge in [-0.3, -0.25) is 4.79 Å². The lowest BCUT2D eigenvalue weighted by molar-refractivity contribution is -0.278. The Kier molecular flexibility index (Phi) is 5.94. The number of phenols is 1. The number of aromatic hydroxyl groups is 1. The van der Waals surface area contributed by atoms with Crippen LogP contribution in [0.5, 0.6) is 11.5 Å². The maximum Gasteiger partial charge on any atom is 0.229 e. The molecule has 0 amide bonds. The van der Waals surface area contributed by atoms with Crippen LogP contribution < -0.4 is 10.2 Å². The second kappa shape index (κ2) is 8.66. The number of aliphatic hydroxyl groups excluding tert-OH is 3. The topological polar surface area (TPSA) is 139 Å². The molecule has 2 aromatic carbocycles. The van der Waals surface area contributed by atoms with Crippen LogP contribution in [0.3, 0.4) is 0 Å². The van der Waals surface area contributed by atoms with Gasteiger partial charge in [0, 0.05) is 13.2 Å². The molecule has 1 aromatic heterocycles. The molecule has 164 valence electrons. The first-order valence-corrected chi connectivity index (χ1v) is 9.59. The lowest BCUT2D eigenvalue weighted by Gasteiger charge is -2.39. The van der Waals surface area contributed by atoms with Gasteiger partial charge in [-0.25, -0.2) is 0 Å². The molecular formula is C22H22O9. The number of ether oxygens (including phenoxy) is 3. The minimum absolute atomic E-state index is 0.00254. The molecule has 9 heteroatoms. The average molecular weight is 430 g/mol. The number of hydrogen-bond donors (Lipinski definition) is 4. The molecule has 1 aliphatic heterocycles. The van der Waals surface area contributed by atoms with Crippen molar-refractivity contribution in [2.75, 3.05) is 13.7 Å². The molecule has 0 saturated carbocycles. The Morgan fingerprint density at radius 3 is 2.45 bits per heavy atom. The molecule has 1 fully saturated rings. The summed E-state index contributed by atoms with van der Waals surface area (Å²) in [6, 6.07) is 10.7. The van der Waals surface area contributed by atoms with Gasteiger partial charge >= 0.3 is 0 Å². The summed E-state index contributed by atoms with van der Waals surface area (Å²) in [5.41, 5.74) is 0.937. The van der Waals surface area contributed by atoms with Crippen molar-refractivity contribution in [3.05, 3.63) is 59.0 Å². The summed E-state index contributed by atoms with van der Waals surface area (Å²) in [6.07, 6.45) is -5.14. The van der Waals surface area contributed by atoms with E-state index in [0.717, 1.165) is 0 Å². The fourth-order valence-electron chi connectivity index (χ4n) is 3.47. The first kappa shape index (κ1) is 21.3. The van der Waals surface area contributed by atoms with E-state index in [1.807, 2.05) is 0 Å². The summed E-state index contributed by atoms with van der Waals surface area (Å²) in [5.74, 6) is 0.324. The minimum Gasteiger partial charge on any atom is -0.508 e. The maximum absolute atomic E-state index is 12.9. The summed E-state index contributed by atoms with van der Waals surface area (Å²) in [4.78, 5) is 12.9. The predicted octanol–water partition coefficient (Wildman–Crippen LogP) is 0.998. The maximum atomic E-state index is 12.9. The van der Waals surface area contributed by atoms with Gasteiger partial charge in [0.15, 0.2) is 5.43 Å². The Hall–Kier alpha value is -2.95. The number of rotatable bonds is 5. The zero-order valence-electron chi connectivity index (χ0n) is 16.5. The van der Waals surface area contributed by atoms with Crippen LogP contribution >= 0.6 is 0 Å². The van der Waals surface area contributed by atoms with Crippen LogP contribution in [0.1, 0.15) is 0 Å². The smallest absolute Gasteiger partial charge is 0.229 e. The Bertz CT molecular complexity index is 1110. The first-order valence-electron chi connectivity index (χ1n) is 9.59. The fourth-order valence-corrected chi connectivity index (χ4v) is 3.47. The van der Waals surface area contributed by atoms with E-state index in [1.165, 1.54) is 43.7 Å². The third kappa shape index (κ3) is 4.14. The number of fused-ring (bicyclic) bond motifs is 1. The van der Waals surface area contributed by atoms with Crippen molar-refractivity contribution in [1.29, 1.82) is 0 Å². The Balaban J connectivity index is 1.60. The van der Waals surface area contributed by atoms with Crippen LogP contribution in [0, 0.1) is 0 Å². The lowest BCUT2D eigenvalue weighted by atomic mass is 9.99. The molecule has 0 spiro atoms. The molecule has 0 unspecified atom stereocenters. The Morgan fingerprint density at radius 2 is 1.74 bits per heavy atom. The van der Waals surface area contributed by atoms with Gasteiger partial charge in [0.1, 0.15) is 47.8 Å². The van der Waals surface area contributed by atoms with Gasteiger partial charge < -0.3 is 39.1 Å². The van der Waals surface area contributed by atoms with Crippen LogP contribution in [0.4, 0.5) is 0 Å². The SMILES string of the molecule is COC[C@H]1O[C@@H](Oc2ccc3c(=O)c(-c4ccc(O)cc4)coc3c2)[C@H](O)[C@@H](O)[C@@H]1O. The van der Waals surface area contributed by atoms with Crippen LogP contribution in [0.15, 0.2) is 57.9 Å². The van der Waals surface area contributed by atoms with Gasteiger partial charge in [0.25, 0.3) is 0 Å². The van der Waals surface area contributed by atoms with Gasteiger partial charge in [0.2, 0.25) is 6.29 Å². The van der Waals surface area contributed by atoms with Gasteiger partial charge in [-0.15, -0.1) is 0 Å². The quantitative estimate of drug-likeness (QED) is 0.467. The Morgan fingerprint density at radius 1 is 1.00 bits per heavy atom. The summed E-state index contributed by atoms with van der Waals surface area (Å²) in [6.45, 7) is -0.00254. The van der Waals surface area contributed by atoms with Crippen molar-refractivity contribution in [1.82, 2.24) is 0 Å². The molecule has 0 aliphatic carbocycles. The van der Waals surface area contributed by atoms with E-state index in [9.17, 15) is 25.2 Å². The van der Waals surface area contributed by atoms with E-state index in [4.69, 9.17) is 18.6 Å². The highest BCUT2D eigenvalue weighted by Gasteiger charge is 2.45. The normalized spacial score (nSPS) is 26.1. The number of benzene rings is 2. The lowest BCUT2D eigenvalue weighted by Crippen LogP contribution is -2.60. The van der Waals surface area contributed by atoms with Crippen LogP contribution in [0.25, 0.3) is 22.1 Å². The van der Waals surface area contributed by atoms with E-state index in [0.29, 0.717) is 16.5 Å². The number of aliphatic hydroxyl groups is 3. The second-order valence-electron chi connectivity index (χ2n) is 7.27. The molecule has 9 nitrogen and oxygen atoms in total. The highest BCUT2D eigenvalue weighted by Crippen LogP contribution is 2.28. The van der Waals surface area contributed by atoms with E-state index in [-0.39, 0.29) is 29.1 Å². The molecule has 0 radical (unpaired) electrons. The zero-order valence-corrected chi connectivity index (χ0v) is 16.5. The summed E-state index contributed by atoms with van der Waals surface area (Å²) < 4.78 is 21.7. The average Bonchev–Trinajstić information content (AvgIpc) is 2.77. The summed E-state index contributed by atoms with van der Waals surface area (Å²) in [7, 11) is 1.42. The largest absolute Gasteiger partial charge is 0.508 e. The van der Waals surface area contributed by atoms with E-state index in [2.05, 4.69) is 0 Å². The molecule has 4 rings (SSSR count). The molecular weight excluding hydrogens is 408 g/mol. The van der Waals surface area contributed by atoms with Crippen LogP contribution in [-0.2, 0) is 9.47 Å². The molecule has 2 heterocycles. The molecule has 5 atom stereocenters. The van der Waals surface area contributed by atoms with E-state index in [1.54, 1.807) is 12.1 Å². The summed E-state index contributed by atoms with van der Waals surface area (Å²) in [5, 5.41) is 40.0. The van der Waals surface area contributed by atoms with Gasteiger partial charge in [-0.05, 0) is 29.8 Å². The van der Waals surface area contributed by atoms with Gasteiger partial charge in [-0.1, -0.05) is 12.1 Å². The first-order chi connectivity index (χ1) is 14.9. The Labute approximate surface area is 176 Å². The minimum atomic E-state index is -1.50. The highest BCUT2D eigenvalue weighted by molar-refractivity contribution is 5.82. The zero-order chi connectivity index (χ0) is 22.1. The van der Waals surface area contributed by atoms with Crippen LogP contribution in [-0.4, -0.2) is 64.8 Å². The van der Waals surface area contributed by atoms with Crippen molar-refractivity contribution >= 4 is 11.0 Å². The molecule has 3 aromatic rings. The second-order valence-corrected chi connectivity index (χ2v) is 7.27. The standard InChI is InChI=1S/C22H22O9/c1-28-10-17-19(25)20(26)21(27)22(31-17)30-13-6-7-14-16(8-13)29-9-15(18(14)24)11-2-4-12(23)5-3-11/h2-9,17,19-23,25-27H,10H2,1H3/t17-,19-,20+,21-,22-/m1/s1. The van der Waals surface area contributed by atoms with E-state index >= 15 is 0 Å². The van der Waals surface area contributed by atoms with Gasteiger partial charge in [-0.2, -0.15) is 0 Å². The van der Waals surface area contributed by atoms with E-state index < -0.39 is 30.7 Å². The van der Waals surface area contributed by atoms with Crippen LogP contribution in [0.2, 0.25) is 0 Å². The van der Waals surface area contributed by atoms with Crippen molar-refractivity contribution in [2.45, 2.75) is 30.7 Å². The fraction of sp³-hybridized carbons (Fsp3) is 0.318. The molecule has 4 N–H and O–H groups in total. The highest BCUT2D eigenvalue weighted by atomic mass is 16.7. The monoisotopic (exact) mass is 430 g/mol. The molecule has 1 saturated heterocycles. The molecule has 31 heavy (non-hydrogen) atoms. The number of hydrogen-bond acceptors (Lipinski definition) is 9. The van der Waals surface area contributed by atoms with Crippen molar-refractivity contribution in [3.63, 3.8) is 0 Å².